The second-order valence-electron chi connectivity index (χ2n) is 8.01. The van der Waals surface area contributed by atoms with Crippen LogP contribution >= 0.6 is 23.1 Å². The van der Waals surface area contributed by atoms with E-state index in [9.17, 15) is 9.18 Å². The van der Waals surface area contributed by atoms with Gasteiger partial charge in [0.2, 0.25) is 5.91 Å². The minimum Gasteiger partial charge on any atom is -0.368 e. The highest BCUT2D eigenvalue weighted by molar-refractivity contribution is 8.00. The normalized spacial score (nSPS) is 14.1. The van der Waals surface area contributed by atoms with Gasteiger partial charge in [0.05, 0.1) is 11.1 Å². The number of rotatable bonds is 5. The first-order valence-electron chi connectivity index (χ1n) is 10.8. The third-order valence-electron chi connectivity index (χ3n) is 5.85. The van der Waals surface area contributed by atoms with E-state index in [4.69, 9.17) is 0 Å². The number of amides is 1. The molecule has 1 fully saturated rings. The Kier molecular flexibility index (Phi) is 6.28. The average molecular weight is 479 g/mol. The highest BCUT2D eigenvalue weighted by Gasteiger charge is 2.22. The maximum Gasteiger partial charge on any atom is 0.233 e. The first kappa shape index (κ1) is 21.9. The summed E-state index contributed by atoms with van der Waals surface area (Å²) in [5, 5.41) is 3.98. The molecule has 5 rings (SSSR count). The van der Waals surface area contributed by atoms with Crippen molar-refractivity contribution in [3.8, 4) is 11.1 Å². The van der Waals surface area contributed by atoms with Gasteiger partial charge in [-0.2, -0.15) is 0 Å². The summed E-state index contributed by atoms with van der Waals surface area (Å²) in [5.74, 6) is 0.212. The van der Waals surface area contributed by atoms with E-state index < -0.39 is 0 Å². The van der Waals surface area contributed by atoms with Crippen molar-refractivity contribution in [1.82, 2.24) is 14.9 Å². The maximum atomic E-state index is 13.2. The van der Waals surface area contributed by atoms with Crippen LogP contribution in [-0.4, -0.2) is 52.7 Å². The zero-order valence-electron chi connectivity index (χ0n) is 18.2. The summed E-state index contributed by atoms with van der Waals surface area (Å²) >= 11 is 3.08. The van der Waals surface area contributed by atoms with E-state index >= 15 is 0 Å². The number of aromatic nitrogens is 2. The van der Waals surface area contributed by atoms with Crippen LogP contribution in [0.1, 0.15) is 5.56 Å². The average Bonchev–Trinajstić information content (AvgIpc) is 3.28. The fourth-order valence-electron chi connectivity index (χ4n) is 3.99. The number of nitrogens with zero attached hydrogens (tertiary/aromatic N) is 4. The lowest BCUT2D eigenvalue weighted by Crippen LogP contribution is -2.49. The smallest absolute Gasteiger partial charge is 0.233 e. The third-order valence-corrected chi connectivity index (χ3v) is 7.72. The van der Waals surface area contributed by atoms with Crippen molar-refractivity contribution in [2.24, 2.45) is 0 Å². The quantitative estimate of drug-likeness (QED) is 0.290. The molecule has 0 saturated carbocycles. The standard InChI is InChI=1S/C25H23FN4OS2/c1-17-2-4-18(5-3-17)21-14-32-24-23(21)25(28-16-27-24)33-15-22(31)30-12-10-29(11-13-30)20-8-6-19(26)7-9-20/h2-9,14,16H,10-13,15H2,1H3. The number of carbonyl (C=O) groups excluding carboxylic acids is 1. The van der Waals surface area contributed by atoms with Gasteiger partial charge in [-0.15, -0.1) is 11.3 Å². The molecule has 2 aromatic carbocycles. The zero-order chi connectivity index (χ0) is 22.8. The van der Waals surface area contributed by atoms with Crippen LogP contribution in [0.5, 0.6) is 0 Å². The molecule has 0 atom stereocenters. The Hall–Kier alpha value is -2.97. The lowest BCUT2D eigenvalue weighted by Gasteiger charge is -2.36. The fourth-order valence-corrected chi connectivity index (χ4v) is 5.89. The van der Waals surface area contributed by atoms with Crippen LogP contribution in [0.2, 0.25) is 0 Å². The SMILES string of the molecule is Cc1ccc(-c2csc3ncnc(SCC(=O)N4CCN(c5ccc(F)cc5)CC4)c23)cc1. The minimum atomic E-state index is -0.237. The monoisotopic (exact) mass is 478 g/mol. The maximum absolute atomic E-state index is 13.2. The van der Waals surface area contributed by atoms with Crippen molar-refractivity contribution >= 4 is 44.9 Å². The van der Waals surface area contributed by atoms with Gasteiger partial charge in [0.1, 0.15) is 22.0 Å². The molecule has 1 aliphatic rings. The van der Waals surface area contributed by atoms with Crippen molar-refractivity contribution < 1.29 is 9.18 Å². The predicted octanol–water partition coefficient (Wildman–Crippen LogP) is 5.25. The summed E-state index contributed by atoms with van der Waals surface area (Å²) in [5.41, 5.74) is 4.45. The molecule has 0 unspecified atom stereocenters. The first-order chi connectivity index (χ1) is 16.1. The molecule has 2 aromatic heterocycles. The molecular weight excluding hydrogens is 455 g/mol. The summed E-state index contributed by atoms with van der Waals surface area (Å²) in [6.45, 7) is 4.86. The number of fused-ring (bicyclic) bond motifs is 1. The minimum absolute atomic E-state index is 0.109. The molecule has 168 valence electrons. The lowest BCUT2D eigenvalue weighted by molar-refractivity contribution is -0.128. The molecule has 0 spiro atoms. The van der Waals surface area contributed by atoms with Crippen molar-refractivity contribution in [3.05, 3.63) is 71.6 Å². The second-order valence-corrected chi connectivity index (χ2v) is 9.83. The lowest BCUT2D eigenvalue weighted by atomic mass is 10.1. The van der Waals surface area contributed by atoms with Crippen LogP contribution in [0.3, 0.4) is 0 Å². The summed E-state index contributed by atoms with van der Waals surface area (Å²) in [6, 6.07) is 15.0. The van der Waals surface area contributed by atoms with Crippen molar-refractivity contribution in [2.45, 2.75) is 11.9 Å². The number of thiophene rings is 1. The summed E-state index contributed by atoms with van der Waals surface area (Å²) in [4.78, 5) is 26.9. The molecule has 8 heteroatoms. The van der Waals surface area contributed by atoms with Crippen LogP contribution in [0.15, 0.2) is 65.3 Å². The van der Waals surface area contributed by atoms with Crippen molar-refractivity contribution in [1.29, 1.82) is 0 Å². The Morgan fingerprint density at radius 1 is 1.03 bits per heavy atom. The molecule has 0 aliphatic carbocycles. The largest absolute Gasteiger partial charge is 0.368 e. The van der Waals surface area contributed by atoms with Crippen LogP contribution in [0.25, 0.3) is 21.3 Å². The number of thioether (sulfide) groups is 1. The van der Waals surface area contributed by atoms with Crippen LogP contribution in [-0.2, 0) is 4.79 Å². The van der Waals surface area contributed by atoms with E-state index in [1.54, 1.807) is 29.8 Å². The van der Waals surface area contributed by atoms with Crippen molar-refractivity contribution in [2.75, 3.05) is 36.8 Å². The van der Waals surface area contributed by atoms with Gasteiger partial charge in [0, 0.05) is 42.8 Å². The molecule has 4 aromatic rings. The Morgan fingerprint density at radius 2 is 1.76 bits per heavy atom. The highest BCUT2D eigenvalue weighted by Crippen LogP contribution is 2.38. The Morgan fingerprint density at radius 3 is 2.48 bits per heavy atom. The van der Waals surface area contributed by atoms with Gasteiger partial charge in [-0.3, -0.25) is 4.79 Å². The Labute approximate surface area is 200 Å². The molecule has 0 radical (unpaired) electrons. The summed E-state index contributed by atoms with van der Waals surface area (Å²) < 4.78 is 13.2. The highest BCUT2D eigenvalue weighted by atomic mass is 32.2. The molecule has 1 aliphatic heterocycles. The van der Waals surface area contributed by atoms with E-state index in [0.717, 1.165) is 45.1 Å². The van der Waals surface area contributed by atoms with E-state index in [1.807, 2.05) is 4.90 Å². The van der Waals surface area contributed by atoms with Crippen LogP contribution in [0.4, 0.5) is 10.1 Å². The number of anilines is 1. The topological polar surface area (TPSA) is 49.3 Å². The number of hydrogen-bond donors (Lipinski definition) is 0. The van der Waals surface area contributed by atoms with Crippen LogP contribution < -0.4 is 4.90 Å². The van der Waals surface area contributed by atoms with E-state index in [-0.39, 0.29) is 11.7 Å². The third kappa shape index (κ3) is 4.72. The molecule has 3 heterocycles. The number of benzene rings is 2. The van der Waals surface area contributed by atoms with Gasteiger partial charge in [-0.05, 0) is 36.8 Å². The number of carbonyl (C=O) groups is 1. The molecule has 33 heavy (non-hydrogen) atoms. The number of piperazine rings is 1. The molecular formula is C25H23FN4OS2. The van der Waals surface area contributed by atoms with E-state index in [1.165, 1.54) is 29.5 Å². The number of aryl methyl sites for hydroxylation is 1. The predicted molar refractivity (Wildman–Crippen MR) is 134 cm³/mol. The van der Waals surface area contributed by atoms with Gasteiger partial charge in [0.15, 0.2) is 0 Å². The van der Waals surface area contributed by atoms with Crippen LogP contribution in [0, 0.1) is 12.7 Å². The zero-order valence-corrected chi connectivity index (χ0v) is 19.8. The van der Waals surface area contributed by atoms with Gasteiger partial charge >= 0.3 is 0 Å². The van der Waals surface area contributed by atoms with Gasteiger partial charge < -0.3 is 9.80 Å². The molecule has 5 nitrogen and oxygen atoms in total. The van der Waals surface area contributed by atoms with E-state index in [0.29, 0.717) is 18.8 Å². The Balaban J connectivity index is 1.25. The van der Waals surface area contributed by atoms with Crippen molar-refractivity contribution in [3.63, 3.8) is 0 Å². The molecule has 1 saturated heterocycles. The van der Waals surface area contributed by atoms with E-state index in [2.05, 4.69) is 51.4 Å². The molecule has 0 bridgehead atoms. The number of halogens is 1. The second kappa shape index (κ2) is 9.49. The Bertz CT molecular complexity index is 1270. The van der Waals surface area contributed by atoms with Gasteiger partial charge in [-0.1, -0.05) is 41.6 Å². The van der Waals surface area contributed by atoms with Gasteiger partial charge in [0.25, 0.3) is 0 Å². The summed E-state index contributed by atoms with van der Waals surface area (Å²) in [6.07, 6.45) is 1.58. The fraction of sp³-hybridized carbons (Fsp3) is 0.240. The number of hydrogen-bond acceptors (Lipinski definition) is 6. The first-order valence-corrected chi connectivity index (χ1v) is 12.7. The molecule has 0 N–H and O–H groups in total. The summed E-state index contributed by atoms with van der Waals surface area (Å²) in [7, 11) is 0. The van der Waals surface area contributed by atoms with Gasteiger partial charge in [-0.25, -0.2) is 14.4 Å². The molecule has 1 amide bonds.